The van der Waals surface area contributed by atoms with Gasteiger partial charge in [0.2, 0.25) is 5.91 Å². The second kappa shape index (κ2) is 7.05. The average Bonchev–Trinajstić information content (AvgIpc) is 2.46. The first-order valence-electron chi connectivity index (χ1n) is 8.00. The second-order valence-corrected chi connectivity index (χ2v) is 6.36. The van der Waals surface area contributed by atoms with E-state index in [1.54, 1.807) is 6.92 Å². The Hall–Kier alpha value is -1.69. The quantitative estimate of drug-likeness (QED) is 0.846. The highest BCUT2D eigenvalue weighted by atomic mass is 16.2. The molecule has 1 saturated heterocycles. The van der Waals surface area contributed by atoms with Crippen molar-refractivity contribution < 1.29 is 4.79 Å². The maximum Gasteiger partial charge on any atom is 0.251 e. The minimum absolute atomic E-state index is 0.104. The molecule has 1 atom stereocenters. The van der Waals surface area contributed by atoms with Gasteiger partial charge in [0.05, 0.1) is 5.41 Å². The molecule has 2 heterocycles. The van der Waals surface area contributed by atoms with E-state index < -0.39 is 0 Å². The standard InChI is InChI=1S/C16H26N4O2/c1-4-20-9-5-7-16(3,11-20)15(22)17-8-6-13-10-14(21)19-12(2)18-13/h10H,4-9,11H2,1-3H3,(H,17,22)(H,18,19,21). The van der Waals surface area contributed by atoms with Crippen LogP contribution in [0.4, 0.5) is 0 Å². The monoisotopic (exact) mass is 306 g/mol. The summed E-state index contributed by atoms with van der Waals surface area (Å²) in [5, 5.41) is 3.01. The molecular formula is C16H26N4O2. The summed E-state index contributed by atoms with van der Waals surface area (Å²) < 4.78 is 0. The first-order chi connectivity index (χ1) is 10.4. The SMILES string of the molecule is CCN1CCCC(C)(C(=O)NCCc2cc(=O)[nH]c(C)n2)C1. The minimum Gasteiger partial charge on any atom is -0.355 e. The third-order valence-corrected chi connectivity index (χ3v) is 4.35. The number of H-pyrrole nitrogens is 1. The van der Waals surface area contributed by atoms with Crippen LogP contribution >= 0.6 is 0 Å². The molecule has 0 saturated carbocycles. The number of carbonyl (C=O) groups excluding carboxylic acids is 1. The van der Waals surface area contributed by atoms with Gasteiger partial charge >= 0.3 is 0 Å². The summed E-state index contributed by atoms with van der Waals surface area (Å²) in [6.45, 7) is 9.32. The van der Waals surface area contributed by atoms with Crippen LogP contribution in [0.5, 0.6) is 0 Å². The van der Waals surface area contributed by atoms with Crippen molar-refractivity contribution in [1.82, 2.24) is 20.2 Å². The summed E-state index contributed by atoms with van der Waals surface area (Å²) in [4.78, 5) is 33.1. The largest absolute Gasteiger partial charge is 0.355 e. The van der Waals surface area contributed by atoms with Crippen LogP contribution < -0.4 is 10.9 Å². The molecule has 6 heteroatoms. The summed E-state index contributed by atoms with van der Waals surface area (Å²) in [6.07, 6.45) is 2.56. The molecule has 1 amide bonds. The van der Waals surface area contributed by atoms with E-state index in [0.717, 1.165) is 32.5 Å². The zero-order chi connectivity index (χ0) is 16.2. The Balaban J connectivity index is 1.88. The lowest BCUT2D eigenvalue weighted by Crippen LogP contribution is -2.50. The highest BCUT2D eigenvalue weighted by Crippen LogP contribution is 2.29. The fraction of sp³-hybridized carbons (Fsp3) is 0.688. The molecular weight excluding hydrogens is 280 g/mol. The number of likely N-dealkylation sites (tertiary alicyclic amines) is 1. The molecule has 1 aromatic rings. The van der Waals surface area contributed by atoms with E-state index in [9.17, 15) is 9.59 Å². The van der Waals surface area contributed by atoms with Crippen LogP contribution in [0.2, 0.25) is 0 Å². The lowest BCUT2D eigenvalue weighted by molar-refractivity contribution is -0.133. The van der Waals surface area contributed by atoms with E-state index >= 15 is 0 Å². The molecule has 0 spiro atoms. The number of aryl methyl sites for hydroxylation is 1. The van der Waals surface area contributed by atoms with E-state index in [0.29, 0.717) is 24.5 Å². The molecule has 1 aliphatic heterocycles. The molecule has 0 bridgehead atoms. The van der Waals surface area contributed by atoms with Crippen LogP contribution in [0.3, 0.4) is 0 Å². The zero-order valence-electron chi connectivity index (χ0n) is 13.7. The van der Waals surface area contributed by atoms with E-state index in [1.807, 2.05) is 6.92 Å². The third-order valence-electron chi connectivity index (χ3n) is 4.35. The highest BCUT2D eigenvalue weighted by molar-refractivity contribution is 5.82. The predicted molar refractivity (Wildman–Crippen MR) is 85.8 cm³/mol. The maximum absolute atomic E-state index is 12.5. The number of nitrogens with zero attached hydrogens (tertiary/aromatic N) is 2. The molecule has 1 fully saturated rings. The molecule has 1 unspecified atom stereocenters. The van der Waals surface area contributed by atoms with Gasteiger partial charge in [-0.15, -0.1) is 0 Å². The maximum atomic E-state index is 12.5. The fourth-order valence-corrected chi connectivity index (χ4v) is 3.09. The number of aromatic amines is 1. The number of aromatic nitrogens is 2. The van der Waals surface area contributed by atoms with Gasteiger partial charge in [0.15, 0.2) is 0 Å². The Morgan fingerprint density at radius 3 is 3.00 bits per heavy atom. The number of amides is 1. The van der Waals surface area contributed by atoms with Crippen LogP contribution in [0.25, 0.3) is 0 Å². The highest BCUT2D eigenvalue weighted by Gasteiger charge is 2.36. The number of rotatable bonds is 5. The van der Waals surface area contributed by atoms with Gasteiger partial charge in [-0.3, -0.25) is 9.59 Å². The Morgan fingerprint density at radius 2 is 2.32 bits per heavy atom. The van der Waals surface area contributed by atoms with Crippen molar-refractivity contribution in [2.24, 2.45) is 5.41 Å². The van der Waals surface area contributed by atoms with E-state index in [1.165, 1.54) is 6.07 Å². The summed E-state index contributed by atoms with van der Waals surface area (Å²) in [5.74, 6) is 0.707. The Kier molecular flexibility index (Phi) is 5.34. The van der Waals surface area contributed by atoms with Gasteiger partial charge < -0.3 is 15.2 Å². The van der Waals surface area contributed by atoms with Crippen molar-refractivity contribution in [2.45, 2.75) is 40.0 Å². The van der Waals surface area contributed by atoms with Gasteiger partial charge in [-0.05, 0) is 39.8 Å². The van der Waals surface area contributed by atoms with Crippen molar-refractivity contribution >= 4 is 5.91 Å². The molecule has 2 rings (SSSR count). The molecule has 0 aromatic carbocycles. The molecule has 0 radical (unpaired) electrons. The van der Waals surface area contributed by atoms with Crippen molar-refractivity contribution in [3.63, 3.8) is 0 Å². The molecule has 1 aliphatic rings. The summed E-state index contributed by atoms with van der Waals surface area (Å²) >= 11 is 0. The first-order valence-corrected chi connectivity index (χ1v) is 8.00. The predicted octanol–water partition coefficient (Wildman–Crippen LogP) is 0.859. The van der Waals surface area contributed by atoms with Crippen LogP contribution in [0, 0.1) is 12.3 Å². The Bertz CT molecular complexity index is 584. The third kappa shape index (κ3) is 4.16. The van der Waals surface area contributed by atoms with Crippen LogP contribution in [-0.4, -0.2) is 47.0 Å². The van der Waals surface area contributed by atoms with Crippen molar-refractivity contribution in [3.05, 3.63) is 27.9 Å². The van der Waals surface area contributed by atoms with Crippen LogP contribution in [0.15, 0.2) is 10.9 Å². The van der Waals surface area contributed by atoms with E-state index in [2.05, 4.69) is 27.1 Å². The summed E-state index contributed by atoms with van der Waals surface area (Å²) in [5.41, 5.74) is 0.253. The molecule has 1 aromatic heterocycles. The van der Waals surface area contributed by atoms with Gasteiger partial charge in [-0.25, -0.2) is 4.98 Å². The number of piperidine rings is 1. The lowest BCUT2D eigenvalue weighted by Gasteiger charge is -2.38. The summed E-state index contributed by atoms with van der Waals surface area (Å²) in [6, 6.07) is 1.49. The number of nitrogens with one attached hydrogen (secondary N) is 2. The number of carbonyl (C=O) groups is 1. The summed E-state index contributed by atoms with van der Waals surface area (Å²) in [7, 11) is 0. The van der Waals surface area contributed by atoms with E-state index in [-0.39, 0.29) is 16.9 Å². The fourth-order valence-electron chi connectivity index (χ4n) is 3.09. The molecule has 2 N–H and O–H groups in total. The van der Waals surface area contributed by atoms with E-state index in [4.69, 9.17) is 0 Å². The first kappa shape index (κ1) is 16.7. The van der Waals surface area contributed by atoms with Crippen molar-refractivity contribution in [3.8, 4) is 0 Å². The van der Waals surface area contributed by atoms with Crippen molar-refractivity contribution in [1.29, 1.82) is 0 Å². The smallest absolute Gasteiger partial charge is 0.251 e. The molecule has 0 aliphatic carbocycles. The molecule has 122 valence electrons. The minimum atomic E-state index is -0.314. The molecule has 22 heavy (non-hydrogen) atoms. The average molecular weight is 306 g/mol. The van der Waals surface area contributed by atoms with Crippen LogP contribution in [0.1, 0.15) is 38.2 Å². The van der Waals surface area contributed by atoms with Crippen LogP contribution in [-0.2, 0) is 11.2 Å². The van der Waals surface area contributed by atoms with Gasteiger partial charge in [-0.2, -0.15) is 0 Å². The van der Waals surface area contributed by atoms with Gasteiger partial charge in [0, 0.05) is 31.3 Å². The van der Waals surface area contributed by atoms with Crippen molar-refractivity contribution in [2.75, 3.05) is 26.2 Å². The Morgan fingerprint density at radius 1 is 1.55 bits per heavy atom. The lowest BCUT2D eigenvalue weighted by atomic mass is 9.81. The zero-order valence-corrected chi connectivity index (χ0v) is 13.7. The Labute approximate surface area is 131 Å². The van der Waals surface area contributed by atoms with Gasteiger partial charge in [0.1, 0.15) is 5.82 Å². The van der Waals surface area contributed by atoms with Gasteiger partial charge in [0.25, 0.3) is 5.56 Å². The normalized spacial score (nSPS) is 22.5. The second-order valence-electron chi connectivity index (χ2n) is 6.36. The number of hydrogen-bond acceptors (Lipinski definition) is 4. The van der Waals surface area contributed by atoms with Gasteiger partial charge in [-0.1, -0.05) is 6.92 Å². The topological polar surface area (TPSA) is 78.1 Å². The number of hydrogen-bond donors (Lipinski definition) is 2. The molecule has 6 nitrogen and oxygen atoms in total.